The first-order chi connectivity index (χ1) is 9.11. The van der Waals surface area contributed by atoms with Crippen LogP contribution in [-0.2, 0) is 0 Å². The third-order valence-electron chi connectivity index (χ3n) is 4.91. The second-order valence-corrected chi connectivity index (χ2v) is 6.68. The van der Waals surface area contributed by atoms with Gasteiger partial charge in [0.15, 0.2) is 0 Å². The Labute approximate surface area is 118 Å². The summed E-state index contributed by atoms with van der Waals surface area (Å²) in [5, 5.41) is 0. The van der Waals surface area contributed by atoms with Crippen LogP contribution >= 0.6 is 0 Å². The molecule has 1 aromatic rings. The minimum absolute atomic E-state index is 0.564. The van der Waals surface area contributed by atoms with Crippen molar-refractivity contribution in [1.82, 2.24) is 0 Å². The molecule has 1 saturated carbocycles. The molecule has 0 spiro atoms. The van der Waals surface area contributed by atoms with Gasteiger partial charge in [0.1, 0.15) is 0 Å². The quantitative estimate of drug-likeness (QED) is 0.835. The zero-order chi connectivity index (χ0) is 13.8. The van der Waals surface area contributed by atoms with Crippen molar-refractivity contribution in [1.29, 1.82) is 0 Å². The molecule has 1 fully saturated rings. The Balaban J connectivity index is 2.08. The van der Waals surface area contributed by atoms with E-state index in [2.05, 4.69) is 45.0 Å². The molecule has 0 amide bonds. The minimum atomic E-state index is 0.564. The summed E-state index contributed by atoms with van der Waals surface area (Å²) < 4.78 is 0. The Morgan fingerprint density at radius 1 is 1.00 bits per heavy atom. The molecule has 1 nitrogen and oxygen atoms in total. The van der Waals surface area contributed by atoms with E-state index >= 15 is 0 Å². The van der Waals surface area contributed by atoms with E-state index in [1.54, 1.807) is 0 Å². The Bertz CT molecular complexity index is 371. The van der Waals surface area contributed by atoms with Crippen LogP contribution in [0.15, 0.2) is 24.3 Å². The van der Waals surface area contributed by atoms with Gasteiger partial charge in [-0.05, 0) is 54.2 Å². The summed E-state index contributed by atoms with van der Waals surface area (Å²) in [5.74, 6) is 2.89. The fraction of sp³-hybridized carbons (Fsp3) is 0.667. The lowest BCUT2D eigenvalue weighted by atomic mass is 9.74. The van der Waals surface area contributed by atoms with Crippen molar-refractivity contribution < 1.29 is 0 Å². The lowest BCUT2D eigenvalue weighted by Crippen LogP contribution is -2.25. The normalized spacial score (nSPS) is 25.5. The van der Waals surface area contributed by atoms with E-state index in [1.807, 2.05) is 0 Å². The van der Waals surface area contributed by atoms with E-state index in [0.717, 1.165) is 18.4 Å². The van der Waals surface area contributed by atoms with Crippen molar-refractivity contribution in [2.75, 3.05) is 6.54 Å². The van der Waals surface area contributed by atoms with Crippen molar-refractivity contribution in [3.63, 3.8) is 0 Å². The maximum atomic E-state index is 6.07. The van der Waals surface area contributed by atoms with Crippen LogP contribution in [0.1, 0.15) is 69.4 Å². The molecule has 2 rings (SSSR count). The van der Waals surface area contributed by atoms with Gasteiger partial charge in [-0.15, -0.1) is 0 Å². The average molecular weight is 259 g/mol. The molecular weight excluding hydrogens is 230 g/mol. The Morgan fingerprint density at radius 2 is 1.53 bits per heavy atom. The topological polar surface area (TPSA) is 26.0 Å². The molecule has 106 valence electrons. The number of nitrogens with two attached hydrogens (primary N) is 1. The van der Waals surface area contributed by atoms with Gasteiger partial charge in [0, 0.05) is 0 Å². The van der Waals surface area contributed by atoms with Crippen molar-refractivity contribution in [2.45, 2.75) is 58.3 Å². The third-order valence-corrected chi connectivity index (χ3v) is 4.91. The van der Waals surface area contributed by atoms with Crippen molar-refractivity contribution in [3.8, 4) is 0 Å². The molecule has 0 aromatic heterocycles. The average Bonchev–Trinajstić information content (AvgIpc) is 2.42. The van der Waals surface area contributed by atoms with Crippen molar-refractivity contribution in [2.24, 2.45) is 17.6 Å². The highest BCUT2D eigenvalue weighted by atomic mass is 14.6. The van der Waals surface area contributed by atoms with E-state index in [9.17, 15) is 0 Å². The van der Waals surface area contributed by atoms with Gasteiger partial charge in [0.25, 0.3) is 0 Å². The van der Waals surface area contributed by atoms with Crippen molar-refractivity contribution >= 4 is 0 Å². The second-order valence-electron chi connectivity index (χ2n) is 6.68. The van der Waals surface area contributed by atoms with E-state index < -0.39 is 0 Å². The standard InChI is InChI=1S/C18H29N/c1-13(2)15-8-10-17(11-9-15)18(12-19)16-6-4-14(3)5-7-16/h8-11,13-14,16,18H,4-7,12,19H2,1-3H3. The van der Waals surface area contributed by atoms with Crippen LogP contribution in [0.3, 0.4) is 0 Å². The van der Waals surface area contributed by atoms with Gasteiger partial charge in [-0.1, -0.05) is 57.9 Å². The van der Waals surface area contributed by atoms with Crippen LogP contribution in [0.4, 0.5) is 0 Å². The Morgan fingerprint density at radius 3 is 2.00 bits per heavy atom. The summed E-state index contributed by atoms with van der Waals surface area (Å²) in [4.78, 5) is 0. The predicted molar refractivity (Wildman–Crippen MR) is 83.4 cm³/mol. The van der Waals surface area contributed by atoms with Gasteiger partial charge in [0.2, 0.25) is 0 Å². The minimum Gasteiger partial charge on any atom is -0.330 e. The van der Waals surface area contributed by atoms with Crippen LogP contribution in [-0.4, -0.2) is 6.54 Å². The van der Waals surface area contributed by atoms with Crippen LogP contribution in [0.5, 0.6) is 0 Å². The monoisotopic (exact) mass is 259 g/mol. The fourth-order valence-electron chi connectivity index (χ4n) is 3.42. The number of hydrogen-bond donors (Lipinski definition) is 1. The zero-order valence-electron chi connectivity index (χ0n) is 12.7. The molecule has 1 unspecified atom stereocenters. The van der Waals surface area contributed by atoms with Crippen LogP contribution in [0, 0.1) is 11.8 Å². The van der Waals surface area contributed by atoms with Gasteiger partial charge in [-0.25, -0.2) is 0 Å². The molecule has 0 aliphatic heterocycles. The lowest BCUT2D eigenvalue weighted by Gasteiger charge is -2.32. The predicted octanol–water partition coefficient (Wildman–Crippen LogP) is 4.68. The maximum absolute atomic E-state index is 6.07. The van der Waals surface area contributed by atoms with Gasteiger partial charge >= 0.3 is 0 Å². The summed E-state index contributed by atoms with van der Waals surface area (Å²) in [6, 6.07) is 9.19. The summed E-state index contributed by atoms with van der Waals surface area (Å²) in [7, 11) is 0. The summed E-state index contributed by atoms with van der Waals surface area (Å²) in [5.41, 5.74) is 8.95. The first-order valence-electron chi connectivity index (χ1n) is 7.91. The molecule has 1 atom stereocenters. The number of hydrogen-bond acceptors (Lipinski definition) is 1. The molecule has 1 heteroatoms. The second kappa shape index (κ2) is 6.56. The molecule has 1 aliphatic carbocycles. The fourth-order valence-corrected chi connectivity index (χ4v) is 3.42. The van der Waals surface area contributed by atoms with Gasteiger partial charge in [0.05, 0.1) is 0 Å². The van der Waals surface area contributed by atoms with Gasteiger partial charge in [-0.3, -0.25) is 0 Å². The Kier molecular flexibility index (Phi) is 5.04. The highest BCUT2D eigenvalue weighted by Gasteiger charge is 2.26. The van der Waals surface area contributed by atoms with E-state index in [0.29, 0.717) is 11.8 Å². The van der Waals surface area contributed by atoms with Crippen molar-refractivity contribution in [3.05, 3.63) is 35.4 Å². The SMILES string of the molecule is CC1CCC(C(CN)c2ccc(C(C)C)cc2)CC1. The molecule has 2 N–H and O–H groups in total. The molecular formula is C18H29N. The van der Waals surface area contributed by atoms with E-state index in [1.165, 1.54) is 36.8 Å². The molecule has 1 aliphatic rings. The summed E-state index contributed by atoms with van der Waals surface area (Å²) in [6.07, 6.45) is 5.47. The first kappa shape index (κ1) is 14.6. The Hall–Kier alpha value is -0.820. The van der Waals surface area contributed by atoms with E-state index in [-0.39, 0.29) is 0 Å². The molecule has 0 radical (unpaired) electrons. The summed E-state index contributed by atoms with van der Waals surface area (Å²) in [6.45, 7) is 7.67. The largest absolute Gasteiger partial charge is 0.330 e. The molecule has 0 heterocycles. The van der Waals surface area contributed by atoms with Crippen LogP contribution in [0.2, 0.25) is 0 Å². The smallest absolute Gasteiger partial charge is 0.000556 e. The number of benzene rings is 1. The molecule has 0 saturated heterocycles. The summed E-state index contributed by atoms with van der Waals surface area (Å²) >= 11 is 0. The lowest BCUT2D eigenvalue weighted by molar-refractivity contribution is 0.256. The third kappa shape index (κ3) is 3.60. The zero-order valence-corrected chi connectivity index (χ0v) is 12.7. The van der Waals surface area contributed by atoms with Gasteiger partial charge < -0.3 is 5.73 Å². The highest BCUT2D eigenvalue weighted by molar-refractivity contribution is 5.28. The van der Waals surface area contributed by atoms with E-state index in [4.69, 9.17) is 5.73 Å². The first-order valence-corrected chi connectivity index (χ1v) is 7.91. The van der Waals surface area contributed by atoms with Crippen LogP contribution < -0.4 is 5.73 Å². The maximum Gasteiger partial charge on any atom is -0.000556 e. The van der Waals surface area contributed by atoms with Gasteiger partial charge in [-0.2, -0.15) is 0 Å². The highest BCUT2D eigenvalue weighted by Crippen LogP contribution is 2.37. The van der Waals surface area contributed by atoms with Crippen LogP contribution in [0.25, 0.3) is 0 Å². The molecule has 1 aromatic carbocycles. The number of rotatable bonds is 4. The molecule has 0 bridgehead atoms. The molecule has 19 heavy (non-hydrogen) atoms.